The predicted octanol–water partition coefficient (Wildman–Crippen LogP) is -1.37. The van der Waals surface area contributed by atoms with Crippen LogP contribution in [0.4, 0.5) is 0 Å². The molecule has 0 amide bonds. The minimum absolute atomic E-state index is 0.135. The average Bonchev–Trinajstić information content (AvgIpc) is 3.30. The summed E-state index contributed by atoms with van der Waals surface area (Å²) >= 11 is 0. The zero-order valence-electron chi connectivity index (χ0n) is 14.5. The lowest BCUT2D eigenvalue weighted by Gasteiger charge is -2.25. The monoisotopic (exact) mass is 316 g/mol. The standard InChI is InChI=1S/C12H14B10O3/c1-9(23)24-7-10-3-2-4-12(5-10)25-8-11-6-18(11)22(20(15)16)21(17)19(13)14/h2-5,11H,6-8H2,1H3. The Morgan fingerprint density at radius 1 is 1.24 bits per heavy atom. The van der Waals surface area contributed by atoms with Crippen molar-refractivity contribution in [1.82, 2.24) is 0 Å². The Bertz CT molecular complexity index is 586. The van der Waals surface area contributed by atoms with Gasteiger partial charge in [-0.3, -0.25) is 4.79 Å². The summed E-state index contributed by atoms with van der Waals surface area (Å²) in [5.41, 5.74) is 0.873. The van der Waals surface area contributed by atoms with Crippen LogP contribution in [0.15, 0.2) is 24.3 Å². The van der Waals surface area contributed by atoms with Crippen LogP contribution in [0.5, 0.6) is 5.75 Å². The van der Waals surface area contributed by atoms with Gasteiger partial charge in [0.1, 0.15) is 12.4 Å². The first-order valence-electron chi connectivity index (χ1n) is 8.42. The van der Waals surface area contributed by atoms with E-state index in [1.807, 2.05) is 24.3 Å². The second-order valence-electron chi connectivity index (χ2n) is 6.71. The van der Waals surface area contributed by atoms with Gasteiger partial charge in [0, 0.05) is 71.1 Å². The molecule has 10 radical (unpaired) electrons. The van der Waals surface area contributed by atoms with Crippen molar-refractivity contribution < 1.29 is 14.3 Å². The molecule has 1 fully saturated rings. The van der Waals surface area contributed by atoms with E-state index in [4.69, 9.17) is 48.2 Å². The Morgan fingerprint density at radius 2 is 1.96 bits per heavy atom. The third-order valence-corrected chi connectivity index (χ3v) is 4.61. The number of hydrogen-bond acceptors (Lipinski definition) is 3. The Kier molecular flexibility index (Phi) is 7.51. The Hall–Kier alpha value is -0.861. The van der Waals surface area contributed by atoms with Crippen molar-refractivity contribution in [3.8, 4) is 5.75 Å². The third-order valence-electron chi connectivity index (χ3n) is 4.61. The van der Waals surface area contributed by atoms with Crippen LogP contribution in [0.1, 0.15) is 12.5 Å². The summed E-state index contributed by atoms with van der Waals surface area (Å²) in [4.78, 5) is 10.9. The van der Waals surface area contributed by atoms with Crippen molar-refractivity contribution in [3.63, 3.8) is 0 Å². The molecule has 1 aromatic carbocycles. The minimum atomic E-state index is -0.653. The van der Waals surface area contributed by atoms with Gasteiger partial charge in [-0.05, 0) is 23.5 Å². The summed E-state index contributed by atoms with van der Waals surface area (Å²) in [6, 6.07) is 7.46. The van der Waals surface area contributed by atoms with Gasteiger partial charge in [0.15, 0.2) is 0 Å². The van der Waals surface area contributed by atoms with E-state index in [1.54, 1.807) is 0 Å². The molecule has 1 aliphatic rings. The minimum Gasteiger partial charge on any atom is -0.494 e. The van der Waals surface area contributed by atoms with Gasteiger partial charge in [0.2, 0.25) is 0 Å². The molecule has 1 aliphatic heterocycles. The summed E-state index contributed by atoms with van der Waals surface area (Å²) in [5, 5.41) is 0. The molecule has 0 spiro atoms. The van der Waals surface area contributed by atoms with Gasteiger partial charge in [-0.25, -0.2) is 0 Å². The molecule has 0 aliphatic carbocycles. The van der Waals surface area contributed by atoms with Crippen LogP contribution in [0.2, 0.25) is 12.1 Å². The maximum absolute atomic E-state index is 10.9. The fourth-order valence-corrected chi connectivity index (χ4v) is 3.13. The van der Waals surface area contributed by atoms with E-state index in [9.17, 15) is 4.79 Å². The van der Waals surface area contributed by atoms with Crippen molar-refractivity contribution in [2.24, 2.45) is 0 Å². The highest BCUT2D eigenvalue weighted by Gasteiger charge is 2.50. The highest BCUT2D eigenvalue weighted by atomic mass is 16.5. The summed E-state index contributed by atoms with van der Waals surface area (Å²) in [6.45, 7) is 2.40. The van der Waals surface area contributed by atoms with Crippen LogP contribution in [0, 0.1) is 0 Å². The normalized spacial score (nSPS) is 15.2. The highest BCUT2D eigenvalue weighted by molar-refractivity contribution is 8.01. The van der Waals surface area contributed by atoms with Crippen molar-refractivity contribution in [1.29, 1.82) is 0 Å². The van der Waals surface area contributed by atoms with Crippen LogP contribution in [-0.2, 0) is 16.1 Å². The SMILES string of the molecule is [B]B([B])B([B])B(B([B])[B])B1CC1COc1cccc(COC(C)=O)c1. The second-order valence-corrected chi connectivity index (χ2v) is 6.71. The zero-order chi connectivity index (χ0) is 18.6. The first-order valence-corrected chi connectivity index (χ1v) is 8.42. The summed E-state index contributed by atoms with van der Waals surface area (Å²) in [7, 11) is 29.2. The molecule has 0 bridgehead atoms. The molecule has 13 heteroatoms. The van der Waals surface area contributed by atoms with Crippen LogP contribution in [-0.4, -0.2) is 83.4 Å². The molecule has 3 nitrogen and oxygen atoms in total. The van der Waals surface area contributed by atoms with E-state index in [0.717, 1.165) is 17.6 Å². The van der Waals surface area contributed by atoms with E-state index in [0.29, 0.717) is 12.4 Å². The molecule has 0 saturated carbocycles. The number of carbonyl (C=O) groups excluding carboxylic acids is 1. The number of hydrogen-bond donors (Lipinski definition) is 0. The third kappa shape index (κ3) is 6.11. The predicted molar refractivity (Wildman–Crippen MR) is 114 cm³/mol. The number of carbonyl (C=O) groups is 1. The fraction of sp³-hybridized carbons (Fsp3) is 0.417. The molecule has 1 saturated heterocycles. The van der Waals surface area contributed by atoms with Crippen LogP contribution >= 0.6 is 0 Å². The molecule has 110 valence electrons. The first-order chi connectivity index (χ1) is 11.8. The van der Waals surface area contributed by atoms with E-state index >= 15 is 0 Å². The van der Waals surface area contributed by atoms with Crippen LogP contribution in [0.3, 0.4) is 0 Å². The van der Waals surface area contributed by atoms with E-state index in [-0.39, 0.29) is 25.6 Å². The zero-order valence-corrected chi connectivity index (χ0v) is 14.5. The van der Waals surface area contributed by atoms with Crippen molar-refractivity contribution >= 4 is 76.8 Å². The molecule has 25 heavy (non-hydrogen) atoms. The van der Waals surface area contributed by atoms with Gasteiger partial charge < -0.3 is 9.47 Å². The number of esters is 1. The molecule has 1 unspecified atom stereocenters. The Balaban J connectivity index is 1.86. The van der Waals surface area contributed by atoms with Gasteiger partial charge in [-0.15, -0.1) is 0 Å². The molecule has 1 atom stereocenters. The quantitative estimate of drug-likeness (QED) is 0.417. The van der Waals surface area contributed by atoms with Crippen molar-refractivity contribution in [2.45, 2.75) is 25.7 Å². The van der Waals surface area contributed by atoms with Gasteiger partial charge >= 0.3 is 5.97 Å². The first kappa shape index (κ1) is 20.5. The Morgan fingerprint density at radius 3 is 2.56 bits per heavy atom. The van der Waals surface area contributed by atoms with Gasteiger partial charge in [-0.2, -0.15) is 0 Å². The summed E-state index contributed by atoms with van der Waals surface area (Å²) in [5.74, 6) is 0.732. The van der Waals surface area contributed by atoms with E-state index < -0.39 is 19.2 Å². The number of rotatable bonds is 9. The van der Waals surface area contributed by atoms with Crippen molar-refractivity contribution in [2.75, 3.05) is 6.61 Å². The molecule has 2 rings (SSSR count). The average molecular weight is 314 g/mol. The largest absolute Gasteiger partial charge is 0.494 e. The maximum Gasteiger partial charge on any atom is 0.302 e. The van der Waals surface area contributed by atoms with Gasteiger partial charge in [0.05, 0.1) is 13.2 Å². The van der Waals surface area contributed by atoms with Gasteiger partial charge in [-0.1, -0.05) is 18.5 Å². The molecule has 1 heterocycles. The lowest BCUT2D eigenvalue weighted by atomic mass is 8.57. The van der Waals surface area contributed by atoms with Crippen LogP contribution < -0.4 is 4.74 Å². The molecule has 0 N–H and O–H groups in total. The fourth-order valence-electron chi connectivity index (χ4n) is 3.13. The lowest BCUT2D eigenvalue weighted by Crippen LogP contribution is -2.63. The van der Waals surface area contributed by atoms with E-state index in [1.165, 1.54) is 6.92 Å². The number of benzene rings is 1. The molecule has 1 aromatic rings. The Labute approximate surface area is 159 Å². The molecular weight excluding hydrogens is 300 g/mol. The molecular formula is C12H14B10O3. The van der Waals surface area contributed by atoms with Crippen molar-refractivity contribution in [3.05, 3.63) is 29.8 Å². The second kappa shape index (κ2) is 9.19. The van der Waals surface area contributed by atoms with E-state index in [2.05, 4.69) is 0 Å². The van der Waals surface area contributed by atoms with Gasteiger partial charge in [0.25, 0.3) is 0 Å². The smallest absolute Gasteiger partial charge is 0.302 e. The topological polar surface area (TPSA) is 35.5 Å². The lowest BCUT2D eigenvalue weighted by molar-refractivity contribution is -0.142. The highest BCUT2D eigenvalue weighted by Crippen LogP contribution is 2.39. The maximum atomic E-state index is 10.9. The summed E-state index contributed by atoms with van der Waals surface area (Å²) in [6.07, 6.45) is -0.860. The van der Waals surface area contributed by atoms with Crippen LogP contribution in [0.25, 0.3) is 0 Å². The summed E-state index contributed by atoms with van der Waals surface area (Å²) < 4.78 is 10.8. The number of ether oxygens (including phenoxy) is 2. The molecule has 0 aromatic heterocycles.